The Bertz CT molecular complexity index is 1030. The molecule has 0 heterocycles. The number of carbonyl (C=O) groups is 3. The molecule has 188 valence electrons. The second-order valence-electron chi connectivity index (χ2n) is 8.05. The van der Waals surface area contributed by atoms with E-state index in [4.69, 9.17) is 19.9 Å². The number of nitrogens with one attached hydrogen (secondary N) is 1. The molecule has 2 aromatic rings. The zero-order valence-corrected chi connectivity index (χ0v) is 20.7. The third-order valence-electron chi connectivity index (χ3n) is 4.95. The van der Waals surface area contributed by atoms with E-state index < -0.39 is 18.0 Å². The van der Waals surface area contributed by atoms with Crippen LogP contribution in [-0.4, -0.2) is 43.1 Å². The van der Waals surface area contributed by atoms with E-state index in [1.54, 1.807) is 37.3 Å². The van der Waals surface area contributed by atoms with Gasteiger partial charge in [0.15, 0.2) is 0 Å². The van der Waals surface area contributed by atoms with E-state index in [1.165, 1.54) is 6.08 Å². The van der Waals surface area contributed by atoms with Gasteiger partial charge in [0, 0.05) is 12.1 Å². The molecule has 3 N–H and O–H groups in total. The van der Waals surface area contributed by atoms with Gasteiger partial charge >= 0.3 is 11.9 Å². The lowest BCUT2D eigenvalue weighted by atomic mass is 9.98. The number of benzene rings is 2. The minimum absolute atomic E-state index is 0.0400. The number of esters is 2. The molecule has 0 radical (unpaired) electrons. The molecule has 0 aliphatic rings. The van der Waals surface area contributed by atoms with Gasteiger partial charge in [-0.3, -0.25) is 4.79 Å². The highest BCUT2D eigenvalue weighted by atomic mass is 16.6. The largest absolute Gasteiger partial charge is 0.491 e. The third-order valence-corrected chi connectivity index (χ3v) is 4.95. The van der Waals surface area contributed by atoms with Gasteiger partial charge in [-0.25, -0.2) is 9.59 Å². The van der Waals surface area contributed by atoms with Gasteiger partial charge in [0.25, 0.3) is 5.91 Å². The lowest BCUT2D eigenvalue weighted by Gasteiger charge is -2.17. The second-order valence-corrected chi connectivity index (χ2v) is 8.05. The molecule has 0 aromatic heterocycles. The van der Waals surface area contributed by atoms with E-state index >= 15 is 0 Å². The SMILES string of the molecule is CCOC(=O)/C(=C\CNC(=O)c1ccccc1)OC(=O)C(N)Cc1ccc(OC(C)C)cc1CC. The van der Waals surface area contributed by atoms with E-state index in [-0.39, 0.29) is 37.3 Å². The summed E-state index contributed by atoms with van der Waals surface area (Å²) < 4.78 is 16.0. The Hall–Kier alpha value is -3.65. The zero-order chi connectivity index (χ0) is 25.8. The standard InChI is InChI=1S/C27H34N2O6/c1-5-19-16-22(34-18(3)4)13-12-21(19)17-23(28)26(31)35-24(27(32)33-6-2)14-15-29-25(30)20-10-8-7-9-11-20/h7-14,16,18,23H,5-6,15,17,28H2,1-4H3,(H,29,30)/b24-14+. The number of hydrogen-bond donors (Lipinski definition) is 2. The molecular formula is C27H34N2O6. The van der Waals surface area contributed by atoms with Crippen LogP contribution in [0.1, 0.15) is 49.2 Å². The Morgan fingerprint density at radius 3 is 2.37 bits per heavy atom. The minimum atomic E-state index is -1.01. The molecule has 8 heteroatoms. The average molecular weight is 483 g/mol. The maximum absolute atomic E-state index is 12.7. The van der Waals surface area contributed by atoms with Crippen LogP contribution in [0.3, 0.4) is 0 Å². The van der Waals surface area contributed by atoms with Gasteiger partial charge in [0.2, 0.25) is 5.76 Å². The van der Waals surface area contributed by atoms with Crippen LogP contribution >= 0.6 is 0 Å². The lowest BCUT2D eigenvalue weighted by Crippen LogP contribution is -2.35. The predicted octanol–water partition coefficient (Wildman–Crippen LogP) is 3.33. The van der Waals surface area contributed by atoms with Crippen LogP contribution in [0.5, 0.6) is 5.75 Å². The van der Waals surface area contributed by atoms with Gasteiger partial charge < -0.3 is 25.3 Å². The van der Waals surface area contributed by atoms with Gasteiger partial charge in [-0.1, -0.05) is 31.2 Å². The summed E-state index contributed by atoms with van der Waals surface area (Å²) >= 11 is 0. The lowest BCUT2D eigenvalue weighted by molar-refractivity contribution is -0.152. The van der Waals surface area contributed by atoms with Crippen molar-refractivity contribution in [2.45, 2.75) is 52.7 Å². The second kappa shape index (κ2) is 13.9. The van der Waals surface area contributed by atoms with Crippen molar-refractivity contribution in [2.75, 3.05) is 13.2 Å². The van der Waals surface area contributed by atoms with Crippen LogP contribution in [0.2, 0.25) is 0 Å². The fourth-order valence-corrected chi connectivity index (χ4v) is 3.28. The molecule has 0 bridgehead atoms. The molecule has 2 rings (SSSR count). The summed E-state index contributed by atoms with van der Waals surface area (Å²) in [6.07, 6.45) is 2.30. The molecule has 2 aromatic carbocycles. The molecule has 0 spiro atoms. The number of aryl methyl sites for hydroxylation is 1. The molecule has 35 heavy (non-hydrogen) atoms. The van der Waals surface area contributed by atoms with Crippen molar-refractivity contribution in [1.82, 2.24) is 5.32 Å². The Labute approximate surface area is 206 Å². The van der Waals surface area contributed by atoms with Gasteiger partial charge in [0.05, 0.1) is 12.7 Å². The predicted molar refractivity (Wildman–Crippen MR) is 133 cm³/mol. The summed E-state index contributed by atoms with van der Waals surface area (Å²) in [6.45, 7) is 7.61. The smallest absolute Gasteiger partial charge is 0.374 e. The van der Waals surface area contributed by atoms with Crippen molar-refractivity contribution in [2.24, 2.45) is 5.73 Å². The van der Waals surface area contributed by atoms with Crippen molar-refractivity contribution in [3.63, 3.8) is 0 Å². The first-order valence-electron chi connectivity index (χ1n) is 11.7. The van der Waals surface area contributed by atoms with Crippen molar-refractivity contribution in [3.05, 3.63) is 77.1 Å². The molecule has 0 aliphatic carbocycles. The minimum Gasteiger partial charge on any atom is -0.491 e. The van der Waals surface area contributed by atoms with Gasteiger partial charge in [0.1, 0.15) is 11.8 Å². The van der Waals surface area contributed by atoms with Crippen LogP contribution < -0.4 is 15.8 Å². The highest BCUT2D eigenvalue weighted by Crippen LogP contribution is 2.21. The summed E-state index contributed by atoms with van der Waals surface area (Å²) in [5.41, 5.74) is 8.48. The molecular weight excluding hydrogens is 448 g/mol. The molecule has 1 amide bonds. The summed E-state index contributed by atoms with van der Waals surface area (Å²) in [4.78, 5) is 37.2. The fourth-order valence-electron chi connectivity index (χ4n) is 3.28. The number of amides is 1. The Balaban J connectivity index is 2.06. The van der Waals surface area contributed by atoms with E-state index in [0.29, 0.717) is 5.56 Å². The van der Waals surface area contributed by atoms with Crippen molar-refractivity contribution >= 4 is 17.8 Å². The van der Waals surface area contributed by atoms with Crippen LogP contribution in [0.4, 0.5) is 0 Å². The molecule has 0 aliphatic heterocycles. The first kappa shape index (κ1) is 27.6. The van der Waals surface area contributed by atoms with Crippen LogP contribution in [-0.2, 0) is 31.9 Å². The highest BCUT2D eigenvalue weighted by molar-refractivity contribution is 5.94. The number of hydrogen-bond acceptors (Lipinski definition) is 7. The Morgan fingerprint density at radius 2 is 1.74 bits per heavy atom. The number of rotatable bonds is 12. The van der Waals surface area contributed by atoms with Crippen LogP contribution in [0.25, 0.3) is 0 Å². The summed E-state index contributed by atoms with van der Waals surface area (Å²) in [5.74, 6) is -1.49. The molecule has 0 saturated carbocycles. The average Bonchev–Trinajstić information content (AvgIpc) is 2.84. The summed E-state index contributed by atoms with van der Waals surface area (Å²) in [6, 6.07) is 13.3. The first-order valence-corrected chi connectivity index (χ1v) is 11.7. The Morgan fingerprint density at radius 1 is 1.03 bits per heavy atom. The van der Waals surface area contributed by atoms with Gasteiger partial charge in [-0.05, 0) is 75.1 Å². The Kier molecular flexibility index (Phi) is 11.0. The van der Waals surface area contributed by atoms with Crippen molar-refractivity contribution in [3.8, 4) is 5.75 Å². The van der Waals surface area contributed by atoms with E-state index in [0.717, 1.165) is 23.3 Å². The number of nitrogens with two attached hydrogens (primary N) is 1. The zero-order valence-electron chi connectivity index (χ0n) is 20.7. The molecule has 0 fully saturated rings. The maximum Gasteiger partial charge on any atom is 0.374 e. The number of carbonyl (C=O) groups excluding carboxylic acids is 3. The van der Waals surface area contributed by atoms with Gasteiger partial charge in [-0.2, -0.15) is 0 Å². The van der Waals surface area contributed by atoms with Crippen molar-refractivity contribution in [1.29, 1.82) is 0 Å². The summed E-state index contributed by atoms with van der Waals surface area (Å²) in [5, 5.41) is 2.64. The van der Waals surface area contributed by atoms with E-state index in [1.807, 2.05) is 39.0 Å². The highest BCUT2D eigenvalue weighted by Gasteiger charge is 2.23. The van der Waals surface area contributed by atoms with Crippen molar-refractivity contribution < 1.29 is 28.6 Å². The molecule has 8 nitrogen and oxygen atoms in total. The van der Waals surface area contributed by atoms with E-state index in [2.05, 4.69) is 5.32 Å². The van der Waals surface area contributed by atoms with Crippen LogP contribution in [0, 0.1) is 0 Å². The number of ether oxygens (including phenoxy) is 3. The van der Waals surface area contributed by atoms with Crippen LogP contribution in [0.15, 0.2) is 60.4 Å². The monoisotopic (exact) mass is 482 g/mol. The first-order chi connectivity index (χ1) is 16.7. The summed E-state index contributed by atoms with van der Waals surface area (Å²) in [7, 11) is 0. The maximum atomic E-state index is 12.7. The quantitative estimate of drug-likeness (QED) is 0.271. The third kappa shape index (κ3) is 8.90. The molecule has 0 saturated heterocycles. The topological polar surface area (TPSA) is 117 Å². The fraction of sp³-hybridized carbons (Fsp3) is 0.370. The molecule has 1 atom stereocenters. The molecule has 1 unspecified atom stereocenters. The normalized spacial score (nSPS) is 12.1. The van der Waals surface area contributed by atoms with E-state index in [9.17, 15) is 14.4 Å². The van der Waals surface area contributed by atoms with Gasteiger partial charge in [-0.15, -0.1) is 0 Å².